The average molecular weight is 312 g/mol. The van der Waals surface area contributed by atoms with Crippen molar-refractivity contribution in [3.05, 3.63) is 34.9 Å². The van der Waals surface area contributed by atoms with Crippen LogP contribution in [0, 0.1) is 6.92 Å². The van der Waals surface area contributed by atoms with Gasteiger partial charge < -0.3 is 5.32 Å². The lowest BCUT2D eigenvalue weighted by Gasteiger charge is -2.32. The van der Waals surface area contributed by atoms with E-state index in [9.17, 15) is 0 Å². The number of H-pyrrole nitrogens is 1. The number of nitrogens with zero attached hydrogens (tertiary/aromatic N) is 4. The second-order valence-corrected chi connectivity index (χ2v) is 6.72. The lowest BCUT2D eigenvalue weighted by molar-refractivity contribution is 0.205. The van der Waals surface area contributed by atoms with Gasteiger partial charge in [-0.2, -0.15) is 5.10 Å². The maximum Gasteiger partial charge on any atom is 0.223 e. The Balaban J connectivity index is 1.39. The van der Waals surface area contributed by atoms with Crippen molar-refractivity contribution in [3.63, 3.8) is 0 Å². The van der Waals surface area contributed by atoms with E-state index in [2.05, 4.69) is 30.4 Å². The zero-order valence-corrected chi connectivity index (χ0v) is 13.7. The lowest BCUT2D eigenvalue weighted by Crippen LogP contribution is -2.42. The molecule has 0 spiro atoms. The molecule has 2 aromatic rings. The smallest absolute Gasteiger partial charge is 0.223 e. The summed E-state index contributed by atoms with van der Waals surface area (Å²) in [5.74, 6) is 0.748. The van der Waals surface area contributed by atoms with Crippen LogP contribution in [-0.4, -0.2) is 44.2 Å². The van der Waals surface area contributed by atoms with Crippen molar-refractivity contribution in [1.82, 2.24) is 25.1 Å². The first-order valence-electron chi connectivity index (χ1n) is 8.61. The Morgan fingerprint density at radius 1 is 1.35 bits per heavy atom. The van der Waals surface area contributed by atoms with E-state index in [1.807, 2.05) is 19.2 Å². The van der Waals surface area contributed by atoms with E-state index in [1.54, 1.807) is 0 Å². The summed E-state index contributed by atoms with van der Waals surface area (Å²) >= 11 is 0. The molecule has 2 aromatic heterocycles. The molecule has 2 aliphatic rings. The minimum absolute atomic E-state index is 0.414. The van der Waals surface area contributed by atoms with Crippen molar-refractivity contribution in [2.75, 3.05) is 18.4 Å². The molecular weight excluding hydrogens is 288 g/mol. The zero-order valence-electron chi connectivity index (χ0n) is 13.7. The van der Waals surface area contributed by atoms with Crippen LogP contribution in [0.2, 0.25) is 0 Å². The number of aryl methyl sites for hydroxylation is 2. The Labute approximate surface area is 136 Å². The molecular formula is C17H24N6. The van der Waals surface area contributed by atoms with Gasteiger partial charge in [-0.15, -0.1) is 0 Å². The Morgan fingerprint density at radius 2 is 2.30 bits per heavy atom. The zero-order chi connectivity index (χ0) is 15.6. The Bertz CT molecular complexity index is 679. The Kier molecular flexibility index (Phi) is 3.99. The van der Waals surface area contributed by atoms with E-state index >= 15 is 0 Å². The first-order valence-corrected chi connectivity index (χ1v) is 8.61. The second kappa shape index (κ2) is 6.28. The first-order chi connectivity index (χ1) is 11.3. The topological polar surface area (TPSA) is 69.7 Å². The number of aromatic amines is 1. The number of aromatic nitrogens is 4. The number of fused-ring (bicyclic) bond motifs is 1. The number of likely N-dealkylation sites (tertiary alicyclic amines) is 1. The van der Waals surface area contributed by atoms with Gasteiger partial charge in [-0.3, -0.25) is 10.00 Å². The minimum atomic E-state index is 0.414. The highest BCUT2D eigenvalue weighted by atomic mass is 15.2. The summed E-state index contributed by atoms with van der Waals surface area (Å²) in [7, 11) is 0. The number of hydrogen-bond donors (Lipinski definition) is 2. The van der Waals surface area contributed by atoms with Crippen LogP contribution in [0.25, 0.3) is 0 Å². The van der Waals surface area contributed by atoms with E-state index in [-0.39, 0.29) is 0 Å². The molecule has 0 bridgehead atoms. The number of hydrogen-bond acceptors (Lipinski definition) is 5. The molecule has 4 rings (SSSR count). The highest BCUT2D eigenvalue weighted by Crippen LogP contribution is 2.24. The molecule has 1 aliphatic carbocycles. The van der Waals surface area contributed by atoms with E-state index < -0.39 is 0 Å². The third-order valence-electron chi connectivity index (χ3n) is 4.90. The number of rotatable bonds is 4. The van der Waals surface area contributed by atoms with Crippen molar-refractivity contribution < 1.29 is 0 Å². The Hall–Kier alpha value is -1.95. The van der Waals surface area contributed by atoms with Gasteiger partial charge in [0.2, 0.25) is 5.95 Å². The first kappa shape index (κ1) is 14.6. The average Bonchev–Trinajstić information content (AvgIpc) is 3.13. The van der Waals surface area contributed by atoms with Crippen molar-refractivity contribution in [3.8, 4) is 0 Å². The summed E-state index contributed by atoms with van der Waals surface area (Å²) in [6.07, 6.45) is 7.82. The molecule has 6 nitrogen and oxygen atoms in total. The highest BCUT2D eigenvalue weighted by molar-refractivity contribution is 5.30. The van der Waals surface area contributed by atoms with Gasteiger partial charge in [-0.25, -0.2) is 9.97 Å². The van der Waals surface area contributed by atoms with Crippen molar-refractivity contribution in [1.29, 1.82) is 0 Å². The number of anilines is 1. The Morgan fingerprint density at radius 3 is 3.22 bits per heavy atom. The molecule has 1 aliphatic heterocycles. The fraction of sp³-hybridized carbons (Fsp3) is 0.588. The van der Waals surface area contributed by atoms with E-state index in [0.717, 1.165) is 37.7 Å². The molecule has 0 aromatic carbocycles. The second-order valence-electron chi connectivity index (χ2n) is 6.72. The van der Waals surface area contributed by atoms with E-state index in [1.165, 1.54) is 42.6 Å². The molecule has 1 atom stereocenters. The van der Waals surface area contributed by atoms with Crippen molar-refractivity contribution in [2.45, 2.75) is 51.6 Å². The van der Waals surface area contributed by atoms with Crippen LogP contribution in [0.1, 0.15) is 41.9 Å². The number of piperidine rings is 1. The molecule has 1 fully saturated rings. The third-order valence-corrected chi connectivity index (χ3v) is 4.90. The fourth-order valence-corrected chi connectivity index (χ4v) is 3.75. The molecule has 0 radical (unpaired) electrons. The van der Waals surface area contributed by atoms with Gasteiger partial charge in [0.1, 0.15) is 0 Å². The molecule has 3 heterocycles. The fourth-order valence-electron chi connectivity index (χ4n) is 3.75. The molecule has 1 unspecified atom stereocenters. The normalized spacial score (nSPS) is 21.3. The number of nitrogens with one attached hydrogen (secondary N) is 2. The summed E-state index contributed by atoms with van der Waals surface area (Å²) < 4.78 is 0. The van der Waals surface area contributed by atoms with Gasteiger partial charge >= 0.3 is 0 Å². The predicted octanol–water partition coefficient (Wildman–Crippen LogP) is 2.07. The SMILES string of the molecule is Cc1ccnc(NC2CCCN(Cc3n[nH]c4c3CCC4)C2)n1. The minimum Gasteiger partial charge on any atom is -0.350 e. The van der Waals surface area contributed by atoms with Gasteiger partial charge in [-0.1, -0.05) is 0 Å². The monoisotopic (exact) mass is 312 g/mol. The van der Waals surface area contributed by atoms with Crippen molar-refractivity contribution >= 4 is 5.95 Å². The molecule has 122 valence electrons. The van der Waals surface area contributed by atoms with E-state index in [4.69, 9.17) is 0 Å². The molecule has 0 amide bonds. The van der Waals surface area contributed by atoms with Gasteiger partial charge in [0.15, 0.2) is 0 Å². The van der Waals surface area contributed by atoms with Crippen LogP contribution >= 0.6 is 0 Å². The molecule has 23 heavy (non-hydrogen) atoms. The summed E-state index contributed by atoms with van der Waals surface area (Å²) in [6.45, 7) is 5.13. The standard InChI is InChI=1S/C17H24N6/c1-12-7-8-18-17(19-12)20-13-4-3-9-23(10-13)11-16-14-5-2-6-15(14)21-22-16/h7-8,13H,2-6,9-11H2,1H3,(H,21,22)(H,18,19,20). The molecule has 2 N–H and O–H groups in total. The van der Waals surface area contributed by atoms with Crippen molar-refractivity contribution in [2.24, 2.45) is 0 Å². The van der Waals surface area contributed by atoms with Crippen LogP contribution in [0.4, 0.5) is 5.95 Å². The summed E-state index contributed by atoms with van der Waals surface area (Å²) in [4.78, 5) is 11.3. The summed E-state index contributed by atoms with van der Waals surface area (Å²) in [5.41, 5.74) is 5.09. The largest absolute Gasteiger partial charge is 0.350 e. The maximum atomic E-state index is 4.54. The third kappa shape index (κ3) is 3.22. The molecule has 6 heteroatoms. The van der Waals surface area contributed by atoms with E-state index in [0.29, 0.717) is 6.04 Å². The van der Waals surface area contributed by atoms with Gasteiger partial charge in [0.25, 0.3) is 0 Å². The summed E-state index contributed by atoms with van der Waals surface area (Å²) in [5, 5.41) is 11.3. The maximum absolute atomic E-state index is 4.54. The van der Waals surface area contributed by atoms with Gasteiger partial charge in [0, 0.05) is 36.7 Å². The molecule has 0 saturated carbocycles. The van der Waals surface area contributed by atoms with Crippen LogP contribution < -0.4 is 5.32 Å². The lowest BCUT2D eigenvalue weighted by atomic mass is 10.1. The van der Waals surface area contributed by atoms with Crippen LogP contribution in [0.3, 0.4) is 0 Å². The van der Waals surface area contributed by atoms with Gasteiger partial charge in [-0.05, 0) is 57.2 Å². The van der Waals surface area contributed by atoms with Crippen LogP contribution in [0.5, 0.6) is 0 Å². The van der Waals surface area contributed by atoms with Crippen LogP contribution in [-0.2, 0) is 19.4 Å². The predicted molar refractivity (Wildman–Crippen MR) is 89.3 cm³/mol. The summed E-state index contributed by atoms with van der Waals surface area (Å²) in [6, 6.07) is 2.34. The quantitative estimate of drug-likeness (QED) is 0.904. The van der Waals surface area contributed by atoms with Gasteiger partial charge in [0.05, 0.1) is 5.69 Å². The molecule has 1 saturated heterocycles. The highest BCUT2D eigenvalue weighted by Gasteiger charge is 2.24. The van der Waals surface area contributed by atoms with Crippen LogP contribution in [0.15, 0.2) is 12.3 Å².